The first-order valence-corrected chi connectivity index (χ1v) is 11.7. The molecule has 0 bridgehead atoms. The van der Waals surface area contributed by atoms with Gasteiger partial charge in [-0.05, 0) is 57.0 Å². The molecule has 0 atom stereocenters. The molecule has 3 N–H and O–H groups in total. The number of carbonyl (C=O) groups is 2. The van der Waals surface area contributed by atoms with Gasteiger partial charge in [0.05, 0.1) is 16.8 Å². The molecule has 2 aliphatic heterocycles. The van der Waals surface area contributed by atoms with E-state index in [2.05, 4.69) is 38.1 Å². The lowest BCUT2D eigenvalue weighted by molar-refractivity contribution is -0.115. The number of urea groups is 1. The molecule has 10 heteroatoms. The highest BCUT2D eigenvalue weighted by Crippen LogP contribution is 2.33. The Labute approximate surface area is 188 Å². The second-order valence-corrected chi connectivity index (χ2v) is 9.66. The summed E-state index contributed by atoms with van der Waals surface area (Å²) in [6.07, 6.45) is 8.13. The number of likely N-dealkylation sites (tertiary alicyclic amines) is 1. The smallest absolute Gasteiger partial charge is 0.326 e. The van der Waals surface area contributed by atoms with E-state index in [-0.39, 0.29) is 5.70 Å². The van der Waals surface area contributed by atoms with Crippen LogP contribution >= 0.6 is 11.3 Å². The summed E-state index contributed by atoms with van der Waals surface area (Å²) < 4.78 is 1.77. The minimum atomic E-state index is -0.522. The van der Waals surface area contributed by atoms with Gasteiger partial charge < -0.3 is 10.6 Å². The van der Waals surface area contributed by atoms with Crippen LogP contribution in [0.2, 0.25) is 0 Å². The van der Waals surface area contributed by atoms with Crippen molar-refractivity contribution >= 4 is 40.8 Å². The Morgan fingerprint density at radius 2 is 2.03 bits per heavy atom. The summed E-state index contributed by atoms with van der Waals surface area (Å²) >= 11 is 1.77. The normalized spacial score (nSPS) is 20.3. The van der Waals surface area contributed by atoms with E-state index >= 15 is 0 Å². The van der Waals surface area contributed by atoms with E-state index in [1.807, 2.05) is 6.07 Å². The number of anilines is 1. The Morgan fingerprint density at radius 1 is 1.19 bits per heavy atom. The molecule has 0 spiro atoms. The van der Waals surface area contributed by atoms with Crippen LogP contribution in [0.3, 0.4) is 0 Å². The van der Waals surface area contributed by atoms with Crippen LogP contribution in [-0.2, 0) is 11.3 Å². The van der Waals surface area contributed by atoms with Crippen molar-refractivity contribution in [3.05, 3.63) is 40.5 Å². The van der Waals surface area contributed by atoms with Gasteiger partial charge in [0.1, 0.15) is 11.5 Å². The number of rotatable bonds is 6. The van der Waals surface area contributed by atoms with E-state index < -0.39 is 11.9 Å². The molecule has 164 valence electrons. The highest BCUT2D eigenvalue weighted by atomic mass is 32.1. The molecule has 1 aliphatic carbocycles. The molecule has 5 heterocycles. The highest BCUT2D eigenvalue weighted by Gasteiger charge is 2.25. The number of amides is 3. The first kappa shape index (κ1) is 19.4. The maximum atomic E-state index is 12.0. The quantitative estimate of drug-likeness (QED) is 0.395. The predicted octanol–water partition coefficient (Wildman–Crippen LogP) is 2.81. The van der Waals surface area contributed by atoms with Gasteiger partial charge in [0.25, 0.3) is 5.91 Å². The fourth-order valence-corrected chi connectivity index (χ4v) is 5.16. The summed E-state index contributed by atoms with van der Waals surface area (Å²) in [5.41, 5.74) is 2.38. The Hall–Kier alpha value is -3.24. The molecule has 32 heavy (non-hydrogen) atoms. The average Bonchev–Trinajstić information content (AvgIpc) is 3.17. The maximum absolute atomic E-state index is 12.0. The zero-order valence-corrected chi connectivity index (χ0v) is 18.2. The van der Waals surface area contributed by atoms with Crippen LogP contribution in [0, 0.1) is 0 Å². The summed E-state index contributed by atoms with van der Waals surface area (Å²) in [6.45, 7) is 3.33. The Balaban J connectivity index is 1.38. The molecule has 3 aromatic rings. The third kappa shape index (κ3) is 3.76. The fourth-order valence-electron chi connectivity index (χ4n) is 4.15. The zero-order chi connectivity index (χ0) is 21.7. The fraction of sp³-hybridized carbons (Fsp3) is 0.364. The maximum Gasteiger partial charge on any atom is 0.326 e. The lowest BCUT2D eigenvalue weighted by Crippen LogP contribution is -2.22. The molecule has 0 unspecified atom stereocenters. The van der Waals surface area contributed by atoms with Crippen molar-refractivity contribution in [1.29, 1.82) is 0 Å². The van der Waals surface area contributed by atoms with Gasteiger partial charge in [-0.3, -0.25) is 15.0 Å². The molecule has 0 aromatic carbocycles. The summed E-state index contributed by atoms with van der Waals surface area (Å²) in [5.74, 6) is 0.429. The summed E-state index contributed by atoms with van der Waals surface area (Å²) in [7, 11) is 0. The van der Waals surface area contributed by atoms with Crippen LogP contribution in [-0.4, -0.2) is 50.6 Å². The minimum absolute atomic E-state index is 0.192. The van der Waals surface area contributed by atoms with Gasteiger partial charge in [-0.1, -0.05) is 0 Å². The number of nitrogens with one attached hydrogen (secondary N) is 3. The van der Waals surface area contributed by atoms with Crippen molar-refractivity contribution in [2.45, 2.75) is 38.3 Å². The molecular weight excluding hydrogens is 426 g/mol. The average molecular weight is 450 g/mol. The molecule has 1 saturated carbocycles. The van der Waals surface area contributed by atoms with Crippen LogP contribution in [0.5, 0.6) is 0 Å². The molecule has 6 rings (SSSR count). The molecule has 2 saturated heterocycles. The van der Waals surface area contributed by atoms with Crippen molar-refractivity contribution in [3.8, 4) is 10.6 Å². The number of hydrogen-bond acceptors (Lipinski definition) is 7. The number of carbonyl (C=O) groups excluding carboxylic acids is 2. The second kappa shape index (κ2) is 7.72. The first-order chi connectivity index (χ1) is 15.6. The van der Waals surface area contributed by atoms with Crippen molar-refractivity contribution in [2.75, 3.05) is 18.4 Å². The van der Waals surface area contributed by atoms with Gasteiger partial charge in [-0.2, -0.15) is 9.61 Å². The van der Waals surface area contributed by atoms with Crippen LogP contribution in [0.4, 0.5) is 10.6 Å². The predicted molar refractivity (Wildman–Crippen MR) is 122 cm³/mol. The molecular formula is C22H23N7O2S. The third-order valence-electron chi connectivity index (χ3n) is 5.94. The number of imide groups is 1. The van der Waals surface area contributed by atoms with Crippen LogP contribution in [0.1, 0.15) is 36.1 Å². The topological polar surface area (TPSA) is 104 Å². The second-order valence-electron chi connectivity index (χ2n) is 8.50. The van der Waals surface area contributed by atoms with Crippen molar-refractivity contribution in [2.24, 2.45) is 0 Å². The van der Waals surface area contributed by atoms with E-state index in [1.165, 1.54) is 30.8 Å². The lowest BCUT2D eigenvalue weighted by atomic mass is 10.2. The number of aromatic nitrogens is 3. The van der Waals surface area contributed by atoms with Gasteiger partial charge in [0, 0.05) is 29.1 Å². The van der Waals surface area contributed by atoms with E-state index in [0.29, 0.717) is 17.3 Å². The molecule has 3 fully saturated rings. The van der Waals surface area contributed by atoms with Crippen molar-refractivity contribution < 1.29 is 9.59 Å². The number of nitrogens with zero attached hydrogens (tertiary/aromatic N) is 4. The monoisotopic (exact) mass is 449 g/mol. The standard InChI is InChI=1S/C22H23N7O2S/c30-21-17(26-22(31)27-21)9-13-11-23-29-19(24-14-3-4-14)10-16(25-20(13)29)18-6-5-15(32-18)12-28-7-1-2-8-28/h5-6,9-11,14,24H,1-4,7-8,12H2,(H2,26,27,30,31)/b17-9-. The highest BCUT2D eigenvalue weighted by molar-refractivity contribution is 7.15. The van der Waals surface area contributed by atoms with Gasteiger partial charge in [0.2, 0.25) is 0 Å². The van der Waals surface area contributed by atoms with Gasteiger partial charge in [0.15, 0.2) is 5.65 Å². The number of fused-ring (bicyclic) bond motifs is 1. The third-order valence-corrected chi connectivity index (χ3v) is 7.03. The lowest BCUT2D eigenvalue weighted by Gasteiger charge is -2.12. The van der Waals surface area contributed by atoms with Gasteiger partial charge in [-0.25, -0.2) is 9.78 Å². The van der Waals surface area contributed by atoms with Crippen LogP contribution in [0.25, 0.3) is 22.3 Å². The van der Waals surface area contributed by atoms with Crippen LogP contribution in [0.15, 0.2) is 30.1 Å². The largest absolute Gasteiger partial charge is 0.367 e. The summed E-state index contributed by atoms with van der Waals surface area (Å²) in [6, 6.07) is 6.30. The first-order valence-electron chi connectivity index (χ1n) is 10.9. The molecule has 9 nitrogen and oxygen atoms in total. The number of thiophene rings is 1. The Morgan fingerprint density at radius 3 is 2.78 bits per heavy atom. The minimum Gasteiger partial charge on any atom is -0.367 e. The molecule has 3 aliphatic rings. The van der Waals surface area contributed by atoms with Crippen molar-refractivity contribution in [1.82, 2.24) is 30.1 Å². The van der Waals surface area contributed by atoms with E-state index in [9.17, 15) is 9.59 Å². The van der Waals surface area contributed by atoms with Crippen molar-refractivity contribution in [3.63, 3.8) is 0 Å². The van der Waals surface area contributed by atoms with Gasteiger partial charge >= 0.3 is 6.03 Å². The summed E-state index contributed by atoms with van der Waals surface area (Å²) in [4.78, 5) is 33.3. The van der Waals surface area contributed by atoms with E-state index in [0.717, 1.165) is 35.8 Å². The van der Waals surface area contributed by atoms with E-state index in [4.69, 9.17) is 4.98 Å². The SMILES string of the molecule is O=C1NC(=O)/C(=C/c2cnn3c(NC4CC4)cc(-c4ccc(CN5CCCC5)s4)nc23)N1. The van der Waals surface area contributed by atoms with Gasteiger partial charge in [-0.15, -0.1) is 11.3 Å². The number of hydrogen-bond donors (Lipinski definition) is 3. The zero-order valence-electron chi connectivity index (χ0n) is 17.4. The van der Waals surface area contributed by atoms with E-state index in [1.54, 1.807) is 28.1 Å². The molecule has 0 radical (unpaired) electrons. The Bertz CT molecular complexity index is 1250. The molecule has 3 amide bonds. The summed E-state index contributed by atoms with van der Waals surface area (Å²) in [5, 5.41) is 12.8. The molecule has 3 aromatic heterocycles. The van der Waals surface area contributed by atoms with Crippen LogP contribution < -0.4 is 16.0 Å². The Kier molecular flexibility index (Phi) is 4.69.